The molecule has 128 valence electrons. The predicted molar refractivity (Wildman–Crippen MR) is 100 cm³/mol. The van der Waals surface area contributed by atoms with Crippen molar-refractivity contribution < 1.29 is 14.3 Å². The van der Waals surface area contributed by atoms with E-state index in [9.17, 15) is 4.79 Å². The molecule has 0 unspecified atom stereocenters. The van der Waals surface area contributed by atoms with E-state index in [-0.39, 0.29) is 24.8 Å². The molecular weight excluding hydrogens is 392 g/mol. The monoisotopic (exact) mass is 410 g/mol. The molecule has 0 saturated carbocycles. The molecule has 0 atom stereocenters. The average Bonchev–Trinajstić information content (AvgIpc) is 3.03. The van der Waals surface area contributed by atoms with Crippen molar-refractivity contribution in [2.24, 2.45) is 4.99 Å². The Morgan fingerprint density at radius 3 is 2.54 bits per heavy atom. The summed E-state index contributed by atoms with van der Waals surface area (Å²) in [6, 6.07) is 3.94. The van der Waals surface area contributed by atoms with E-state index in [0.29, 0.717) is 16.4 Å². The summed E-state index contributed by atoms with van der Waals surface area (Å²) in [4.78, 5) is 19.8. The van der Waals surface area contributed by atoms with Crippen LogP contribution in [0.3, 0.4) is 0 Å². The van der Waals surface area contributed by atoms with Crippen molar-refractivity contribution in [1.29, 1.82) is 0 Å². The van der Waals surface area contributed by atoms with Gasteiger partial charge in [0, 0.05) is 16.6 Å². The second kappa shape index (κ2) is 6.80. The fourth-order valence-corrected chi connectivity index (χ4v) is 4.10. The van der Waals surface area contributed by atoms with E-state index in [1.54, 1.807) is 4.90 Å². The van der Waals surface area contributed by atoms with Crippen molar-refractivity contribution in [3.63, 3.8) is 0 Å². The lowest BCUT2D eigenvalue weighted by Crippen LogP contribution is -2.35. The second-order valence-corrected chi connectivity index (χ2v) is 7.98. The smallest absolute Gasteiger partial charge is 0.266 e. The molecule has 1 fully saturated rings. The van der Waals surface area contributed by atoms with Crippen molar-refractivity contribution in [3.8, 4) is 11.5 Å². The van der Waals surface area contributed by atoms with E-state index in [2.05, 4.69) is 20.9 Å². The van der Waals surface area contributed by atoms with Crippen molar-refractivity contribution in [1.82, 2.24) is 4.90 Å². The highest BCUT2D eigenvalue weighted by Gasteiger charge is 2.35. The molecule has 0 spiro atoms. The van der Waals surface area contributed by atoms with Crippen LogP contribution in [0, 0.1) is 0 Å². The van der Waals surface area contributed by atoms with Crippen LogP contribution < -0.4 is 9.47 Å². The van der Waals surface area contributed by atoms with Gasteiger partial charge in [-0.2, -0.15) is 0 Å². The zero-order valence-corrected chi connectivity index (χ0v) is 16.4. The molecule has 0 radical (unpaired) electrons. The third-order valence-corrected chi connectivity index (χ3v) is 5.18. The number of ether oxygens (including phenoxy) is 2. The fourth-order valence-electron chi connectivity index (χ4n) is 2.44. The number of halogens is 1. The Morgan fingerprint density at radius 1 is 1.25 bits per heavy atom. The second-order valence-electron chi connectivity index (χ2n) is 6.11. The third kappa shape index (κ3) is 3.32. The van der Waals surface area contributed by atoms with Crippen molar-refractivity contribution in [2.45, 2.75) is 39.8 Å². The van der Waals surface area contributed by atoms with Crippen molar-refractivity contribution in [3.05, 3.63) is 27.1 Å². The minimum atomic E-state index is -0.0148. The molecule has 1 saturated heterocycles. The number of benzene rings is 1. The maximum Gasteiger partial charge on any atom is 0.266 e. The number of rotatable bonds is 3. The SMILES string of the molecule is CC(C)N=C1S/C(=C\c2cc3c(cc2Br)OCO3)C(=O)N1C(C)C. The molecule has 0 aromatic heterocycles. The van der Waals surface area contributed by atoms with Gasteiger partial charge in [-0.15, -0.1) is 0 Å². The summed E-state index contributed by atoms with van der Waals surface area (Å²) in [6.07, 6.45) is 1.87. The van der Waals surface area contributed by atoms with Gasteiger partial charge >= 0.3 is 0 Å². The lowest BCUT2D eigenvalue weighted by Gasteiger charge is -2.20. The van der Waals surface area contributed by atoms with Crippen molar-refractivity contribution in [2.75, 3.05) is 6.79 Å². The number of carbonyl (C=O) groups is 1. The minimum Gasteiger partial charge on any atom is -0.454 e. The Bertz CT molecular complexity index is 744. The van der Waals surface area contributed by atoms with E-state index >= 15 is 0 Å². The molecule has 1 aromatic rings. The van der Waals surface area contributed by atoms with E-state index in [0.717, 1.165) is 15.2 Å². The van der Waals surface area contributed by atoms with Gasteiger partial charge in [0.05, 0.1) is 4.91 Å². The third-order valence-electron chi connectivity index (χ3n) is 3.50. The summed E-state index contributed by atoms with van der Waals surface area (Å²) >= 11 is 4.95. The van der Waals surface area contributed by atoms with Crippen LogP contribution in [0.2, 0.25) is 0 Å². The Labute approximate surface area is 154 Å². The van der Waals surface area contributed by atoms with Gasteiger partial charge in [0.1, 0.15) is 0 Å². The molecule has 5 nitrogen and oxygen atoms in total. The standard InChI is InChI=1S/C17H19BrN2O3S/c1-9(2)19-17-20(10(3)4)16(21)15(24-17)6-11-5-13-14(7-12(11)18)23-8-22-13/h5-7,9-10H,8H2,1-4H3/b15-6-,19-17?. The van der Waals surface area contributed by atoms with Gasteiger partial charge in [-0.05, 0) is 63.2 Å². The molecule has 2 heterocycles. The molecule has 1 amide bonds. The zero-order chi connectivity index (χ0) is 17.4. The first-order valence-electron chi connectivity index (χ1n) is 7.77. The Kier molecular flexibility index (Phi) is 4.92. The number of fused-ring (bicyclic) bond motifs is 1. The van der Waals surface area contributed by atoms with E-state index in [4.69, 9.17) is 9.47 Å². The molecule has 2 aliphatic heterocycles. The average molecular weight is 411 g/mol. The number of amidine groups is 1. The van der Waals surface area contributed by atoms with E-state index < -0.39 is 0 Å². The summed E-state index contributed by atoms with van der Waals surface area (Å²) in [6.45, 7) is 8.22. The fraction of sp³-hybridized carbons (Fsp3) is 0.412. The molecular formula is C17H19BrN2O3S. The molecule has 1 aromatic carbocycles. The Hall–Kier alpha value is -1.47. The van der Waals surface area contributed by atoms with Gasteiger partial charge in [-0.1, -0.05) is 15.9 Å². The maximum atomic E-state index is 12.8. The summed E-state index contributed by atoms with van der Waals surface area (Å²) in [7, 11) is 0. The Morgan fingerprint density at radius 2 is 1.92 bits per heavy atom. The number of carbonyl (C=O) groups excluding carboxylic acids is 1. The number of thioether (sulfide) groups is 1. The molecule has 2 aliphatic rings. The van der Waals surface area contributed by atoms with Crippen LogP contribution in [0.4, 0.5) is 0 Å². The van der Waals surface area contributed by atoms with E-state index in [1.807, 2.05) is 45.9 Å². The number of hydrogen-bond acceptors (Lipinski definition) is 5. The highest BCUT2D eigenvalue weighted by molar-refractivity contribution is 9.10. The highest BCUT2D eigenvalue weighted by atomic mass is 79.9. The first kappa shape index (κ1) is 17.4. The molecule has 3 rings (SSSR count). The zero-order valence-electron chi connectivity index (χ0n) is 14.0. The first-order chi connectivity index (χ1) is 11.4. The summed E-state index contributed by atoms with van der Waals surface area (Å²) < 4.78 is 11.6. The lowest BCUT2D eigenvalue weighted by molar-refractivity contribution is -0.123. The van der Waals surface area contributed by atoms with Gasteiger partial charge in [-0.25, -0.2) is 0 Å². The largest absolute Gasteiger partial charge is 0.454 e. The molecule has 0 N–H and O–H groups in total. The summed E-state index contributed by atoms with van der Waals surface area (Å²) in [5, 5.41) is 0.758. The number of nitrogens with zero attached hydrogens (tertiary/aromatic N) is 2. The minimum absolute atomic E-state index is 0.0148. The lowest BCUT2D eigenvalue weighted by atomic mass is 10.2. The van der Waals surface area contributed by atoms with Gasteiger partial charge in [0.25, 0.3) is 5.91 Å². The normalized spacial score (nSPS) is 20.3. The topological polar surface area (TPSA) is 51.1 Å². The van der Waals surface area contributed by atoms with Crippen LogP contribution >= 0.6 is 27.7 Å². The highest BCUT2D eigenvalue weighted by Crippen LogP contribution is 2.40. The van der Waals surface area contributed by atoms with Gasteiger partial charge in [0.15, 0.2) is 16.7 Å². The predicted octanol–water partition coefficient (Wildman–Crippen LogP) is 4.27. The Balaban J connectivity index is 1.98. The van der Waals surface area contributed by atoms with Crippen molar-refractivity contribution >= 4 is 44.8 Å². The van der Waals surface area contributed by atoms with Crippen LogP contribution in [0.5, 0.6) is 11.5 Å². The van der Waals surface area contributed by atoms with Crippen LogP contribution in [0.1, 0.15) is 33.3 Å². The van der Waals surface area contributed by atoms with Gasteiger partial charge in [-0.3, -0.25) is 14.7 Å². The van der Waals surface area contributed by atoms with Crippen LogP contribution in [0.25, 0.3) is 6.08 Å². The quantitative estimate of drug-likeness (QED) is 0.698. The maximum absolute atomic E-state index is 12.8. The summed E-state index contributed by atoms with van der Waals surface area (Å²) in [5.41, 5.74) is 0.879. The van der Waals surface area contributed by atoms with Gasteiger partial charge < -0.3 is 9.47 Å². The van der Waals surface area contributed by atoms with Gasteiger partial charge in [0.2, 0.25) is 6.79 Å². The molecule has 24 heavy (non-hydrogen) atoms. The first-order valence-corrected chi connectivity index (χ1v) is 9.38. The number of amides is 1. The van der Waals surface area contributed by atoms with Crippen LogP contribution in [0.15, 0.2) is 26.5 Å². The molecule has 0 bridgehead atoms. The van der Waals surface area contributed by atoms with E-state index in [1.165, 1.54) is 11.8 Å². The number of aliphatic imine (C=N–C) groups is 1. The van der Waals surface area contributed by atoms with Crippen LogP contribution in [-0.4, -0.2) is 34.9 Å². The summed E-state index contributed by atoms with van der Waals surface area (Å²) in [5.74, 6) is 1.39. The molecule has 7 heteroatoms. The van der Waals surface area contributed by atoms with Crippen LogP contribution in [-0.2, 0) is 4.79 Å². The number of hydrogen-bond donors (Lipinski definition) is 0. The molecule has 0 aliphatic carbocycles.